The molecule has 1 heterocycles. The minimum Gasteiger partial charge on any atom is -0.322 e. The van der Waals surface area contributed by atoms with Crippen LogP contribution in [0.1, 0.15) is 32.6 Å². The van der Waals surface area contributed by atoms with E-state index in [-0.39, 0.29) is 5.91 Å². The fourth-order valence-electron chi connectivity index (χ4n) is 3.95. The van der Waals surface area contributed by atoms with E-state index in [2.05, 4.69) is 17.4 Å². The molecule has 0 unspecified atom stereocenters. The van der Waals surface area contributed by atoms with Crippen LogP contribution < -0.4 is 5.32 Å². The van der Waals surface area contributed by atoms with Crippen molar-refractivity contribution in [3.05, 3.63) is 92.5 Å². The zero-order valence-corrected chi connectivity index (χ0v) is 19.3. The molecule has 4 rings (SSSR count). The van der Waals surface area contributed by atoms with Gasteiger partial charge in [-0.1, -0.05) is 40.9 Å². The Balaban J connectivity index is 1.90. The van der Waals surface area contributed by atoms with Gasteiger partial charge >= 0.3 is 0 Å². The van der Waals surface area contributed by atoms with Crippen LogP contribution in [0.25, 0.3) is 22.2 Å². The lowest BCUT2D eigenvalue weighted by Gasteiger charge is -2.14. The Hall–Kier alpha value is -2.88. The Labute approximate surface area is 192 Å². The summed E-state index contributed by atoms with van der Waals surface area (Å²) in [5.41, 5.74) is 7.72. The van der Waals surface area contributed by atoms with Crippen molar-refractivity contribution in [2.45, 2.75) is 27.7 Å². The third kappa shape index (κ3) is 4.43. The predicted molar refractivity (Wildman–Crippen MR) is 131 cm³/mol. The summed E-state index contributed by atoms with van der Waals surface area (Å²) in [6.07, 6.45) is 0. The molecule has 3 aromatic carbocycles. The number of fused-ring (bicyclic) bond motifs is 1. The number of aryl methyl sites for hydroxylation is 4. The fourth-order valence-corrected chi connectivity index (χ4v) is 4.45. The van der Waals surface area contributed by atoms with Gasteiger partial charge in [0, 0.05) is 21.7 Å². The lowest BCUT2D eigenvalue weighted by molar-refractivity contribution is 0.102. The topological polar surface area (TPSA) is 42.0 Å². The molecule has 0 saturated heterocycles. The molecule has 1 amide bonds. The number of benzene rings is 3. The smallest absolute Gasteiger partial charge is 0.256 e. The van der Waals surface area contributed by atoms with Gasteiger partial charge in [-0.15, -0.1) is 0 Å². The zero-order chi connectivity index (χ0) is 22.3. The first-order valence-corrected chi connectivity index (χ1v) is 10.7. The highest BCUT2D eigenvalue weighted by Gasteiger charge is 2.17. The fraction of sp³-hybridized carbons (Fsp3) is 0.154. The van der Waals surface area contributed by atoms with Gasteiger partial charge in [-0.05, 0) is 86.8 Å². The van der Waals surface area contributed by atoms with Crippen LogP contribution in [0.4, 0.5) is 5.69 Å². The molecule has 3 nitrogen and oxygen atoms in total. The molecule has 31 heavy (non-hydrogen) atoms. The minimum absolute atomic E-state index is 0.186. The normalized spacial score (nSPS) is 11.0. The van der Waals surface area contributed by atoms with Crippen molar-refractivity contribution in [2.75, 3.05) is 5.32 Å². The minimum atomic E-state index is -0.186. The van der Waals surface area contributed by atoms with Crippen LogP contribution >= 0.6 is 23.2 Å². The Morgan fingerprint density at radius 3 is 2.19 bits per heavy atom. The Morgan fingerprint density at radius 1 is 0.839 bits per heavy atom. The second-order valence-electron chi connectivity index (χ2n) is 7.99. The number of rotatable bonds is 3. The molecule has 0 aliphatic heterocycles. The van der Waals surface area contributed by atoms with Crippen molar-refractivity contribution in [3.8, 4) is 11.3 Å². The number of hydrogen-bond acceptors (Lipinski definition) is 2. The number of nitrogens with zero attached hydrogens (tertiary/aromatic N) is 1. The molecule has 5 heteroatoms. The number of anilines is 1. The van der Waals surface area contributed by atoms with E-state index in [1.54, 1.807) is 18.2 Å². The van der Waals surface area contributed by atoms with Crippen LogP contribution in [0, 0.1) is 27.7 Å². The van der Waals surface area contributed by atoms with E-state index < -0.39 is 0 Å². The van der Waals surface area contributed by atoms with Crippen molar-refractivity contribution < 1.29 is 4.79 Å². The first-order valence-electron chi connectivity index (χ1n) is 9.98. The first-order chi connectivity index (χ1) is 14.7. The SMILES string of the molecule is Cc1cc(C)cc(NC(=O)c2cc(-c3ccc(Cl)cc3Cl)nc3c(C)cc(C)cc23)c1. The molecule has 0 fully saturated rings. The highest BCUT2D eigenvalue weighted by Crippen LogP contribution is 2.33. The van der Waals surface area contributed by atoms with E-state index in [0.717, 1.165) is 44.4 Å². The highest BCUT2D eigenvalue weighted by molar-refractivity contribution is 6.36. The summed E-state index contributed by atoms with van der Waals surface area (Å²) < 4.78 is 0. The van der Waals surface area contributed by atoms with Gasteiger partial charge in [0.1, 0.15) is 0 Å². The maximum atomic E-state index is 13.4. The second kappa shape index (κ2) is 8.33. The maximum absolute atomic E-state index is 13.4. The third-order valence-electron chi connectivity index (χ3n) is 5.18. The molecular weight excluding hydrogens is 427 g/mol. The monoisotopic (exact) mass is 448 g/mol. The summed E-state index contributed by atoms with van der Waals surface area (Å²) in [5, 5.41) is 4.91. The van der Waals surface area contributed by atoms with Gasteiger partial charge < -0.3 is 5.32 Å². The summed E-state index contributed by atoms with van der Waals surface area (Å²) in [6, 6.07) is 17.1. The van der Waals surface area contributed by atoms with Crippen molar-refractivity contribution in [3.63, 3.8) is 0 Å². The molecule has 4 aromatic rings. The largest absolute Gasteiger partial charge is 0.322 e. The van der Waals surface area contributed by atoms with Crippen LogP contribution in [0.15, 0.2) is 54.6 Å². The molecule has 0 aliphatic rings. The van der Waals surface area contributed by atoms with E-state index in [1.165, 1.54) is 0 Å². The number of pyridine rings is 1. The van der Waals surface area contributed by atoms with Gasteiger partial charge in [-0.2, -0.15) is 0 Å². The summed E-state index contributed by atoms with van der Waals surface area (Å²) in [5.74, 6) is -0.186. The molecule has 0 aliphatic carbocycles. The lowest BCUT2D eigenvalue weighted by atomic mass is 9.99. The number of hydrogen-bond donors (Lipinski definition) is 1. The predicted octanol–water partition coefficient (Wildman–Crippen LogP) is 7.69. The summed E-state index contributed by atoms with van der Waals surface area (Å²) in [6.45, 7) is 8.04. The van der Waals surface area contributed by atoms with Crippen molar-refractivity contribution in [1.82, 2.24) is 4.98 Å². The van der Waals surface area contributed by atoms with Crippen molar-refractivity contribution >= 4 is 45.7 Å². The lowest BCUT2D eigenvalue weighted by Crippen LogP contribution is -2.13. The van der Waals surface area contributed by atoms with Crippen molar-refractivity contribution in [1.29, 1.82) is 0 Å². The Kier molecular flexibility index (Phi) is 5.74. The van der Waals surface area contributed by atoms with E-state index in [4.69, 9.17) is 28.2 Å². The number of halogens is 2. The maximum Gasteiger partial charge on any atom is 0.256 e. The summed E-state index contributed by atoms with van der Waals surface area (Å²) in [7, 11) is 0. The molecule has 1 aromatic heterocycles. The first kappa shape index (κ1) is 21.4. The van der Waals surface area contributed by atoms with Gasteiger partial charge in [-0.25, -0.2) is 4.98 Å². The molecule has 1 N–H and O–H groups in total. The zero-order valence-electron chi connectivity index (χ0n) is 17.8. The van der Waals surface area contributed by atoms with E-state index in [9.17, 15) is 4.79 Å². The van der Waals surface area contributed by atoms with Gasteiger partial charge in [0.05, 0.1) is 21.8 Å². The van der Waals surface area contributed by atoms with E-state index >= 15 is 0 Å². The van der Waals surface area contributed by atoms with Gasteiger partial charge in [0.2, 0.25) is 0 Å². The quantitative estimate of drug-likeness (QED) is 0.348. The Bertz CT molecular complexity index is 1330. The highest BCUT2D eigenvalue weighted by atomic mass is 35.5. The molecule has 0 radical (unpaired) electrons. The van der Waals surface area contributed by atoms with Gasteiger partial charge in [-0.3, -0.25) is 4.79 Å². The second-order valence-corrected chi connectivity index (χ2v) is 8.83. The molecule has 156 valence electrons. The summed E-state index contributed by atoms with van der Waals surface area (Å²) in [4.78, 5) is 18.3. The molecular formula is C26H22Cl2N2O. The van der Waals surface area contributed by atoms with Crippen molar-refractivity contribution in [2.24, 2.45) is 0 Å². The van der Waals surface area contributed by atoms with E-state index in [1.807, 2.05) is 52.0 Å². The number of aromatic nitrogens is 1. The summed E-state index contributed by atoms with van der Waals surface area (Å²) >= 11 is 12.5. The van der Waals surface area contributed by atoms with Crippen LogP contribution in [0.5, 0.6) is 0 Å². The Morgan fingerprint density at radius 2 is 1.52 bits per heavy atom. The molecule has 0 saturated carbocycles. The van der Waals surface area contributed by atoms with Crippen LogP contribution in [-0.4, -0.2) is 10.9 Å². The van der Waals surface area contributed by atoms with Crippen LogP contribution in [0.2, 0.25) is 10.0 Å². The number of carbonyl (C=O) groups is 1. The average molecular weight is 449 g/mol. The number of carbonyl (C=O) groups excluding carboxylic acids is 1. The van der Waals surface area contributed by atoms with Gasteiger partial charge in [0.15, 0.2) is 0 Å². The standard InChI is InChI=1S/C26H22Cl2N2O/c1-14-7-15(2)10-19(9-14)29-26(31)22-13-24(20-6-5-18(27)12-23(20)28)30-25-17(4)8-16(3)11-21(22)25/h5-13H,1-4H3,(H,29,31). The number of amides is 1. The average Bonchev–Trinajstić information content (AvgIpc) is 2.66. The molecule has 0 spiro atoms. The van der Waals surface area contributed by atoms with Crippen LogP contribution in [-0.2, 0) is 0 Å². The number of nitrogens with one attached hydrogen (secondary N) is 1. The van der Waals surface area contributed by atoms with E-state index in [0.29, 0.717) is 21.3 Å². The molecule has 0 atom stereocenters. The van der Waals surface area contributed by atoms with Crippen LogP contribution in [0.3, 0.4) is 0 Å². The van der Waals surface area contributed by atoms with Gasteiger partial charge in [0.25, 0.3) is 5.91 Å². The molecule has 0 bridgehead atoms. The third-order valence-corrected chi connectivity index (χ3v) is 5.73.